The van der Waals surface area contributed by atoms with E-state index >= 15 is 0 Å². The zero-order valence-corrected chi connectivity index (χ0v) is 19.9. The van der Waals surface area contributed by atoms with Gasteiger partial charge in [0.15, 0.2) is 0 Å². The van der Waals surface area contributed by atoms with Gasteiger partial charge in [0.1, 0.15) is 0 Å². The van der Waals surface area contributed by atoms with Crippen LogP contribution in [0, 0.1) is 22.0 Å². The van der Waals surface area contributed by atoms with Crippen LogP contribution in [-0.4, -0.2) is 47.4 Å². The van der Waals surface area contributed by atoms with Gasteiger partial charge in [-0.05, 0) is 42.4 Å². The minimum atomic E-state index is -2.13. The lowest BCUT2D eigenvalue weighted by molar-refractivity contribution is -0.385. The molecule has 9 nitrogen and oxygen atoms in total. The summed E-state index contributed by atoms with van der Waals surface area (Å²) in [4.78, 5) is 54.0. The van der Waals surface area contributed by atoms with Crippen molar-refractivity contribution in [2.24, 2.45) is 11.8 Å². The molecule has 184 valence electrons. The number of nitro groups is 1. The van der Waals surface area contributed by atoms with Crippen molar-refractivity contribution in [2.45, 2.75) is 38.6 Å². The number of esters is 2. The number of benzene rings is 2. The molecule has 3 atom stereocenters. The van der Waals surface area contributed by atoms with Gasteiger partial charge in [-0.15, -0.1) is 0 Å². The number of carbonyl (C=O) groups is 3. The first-order valence-electron chi connectivity index (χ1n) is 11.7. The van der Waals surface area contributed by atoms with E-state index in [0.29, 0.717) is 18.7 Å². The summed E-state index contributed by atoms with van der Waals surface area (Å²) in [6.45, 7) is 5.71. The van der Waals surface area contributed by atoms with Crippen molar-refractivity contribution >= 4 is 23.5 Å². The van der Waals surface area contributed by atoms with E-state index < -0.39 is 34.1 Å². The first-order chi connectivity index (χ1) is 16.8. The van der Waals surface area contributed by atoms with Gasteiger partial charge in [0, 0.05) is 25.2 Å². The standard InChI is InChI=1S/C26H28N2O7/c1-4-34-24(30)26(25(31)35-5-2)21-13-18(28(32)33)11-12-19(21)16(3)20-15-27(23(29)22(20)26)14-17-9-7-6-8-10-17/h6-13,16,20,22H,4-5,14-15H2,1-3H3/t16-,20+,22+/m1/s1. The summed E-state index contributed by atoms with van der Waals surface area (Å²) < 4.78 is 10.7. The number of non-ortho nitro benzene ring substituents is 1. The van der Waals surface area contributed by atoms with Crippen LogP contribution in [0.4, 0.5) is 5.69 Å². The van der Waals surface area contributed by atoms with Crippen molar-refractivity contribution in [3.05, 3.63) is 75.3 Å². The third-order valence-electron chi connectivity index (χ3n) is 7.12. The average Bonchev–Trinajstić information content (AvgIpc) is 3.16. The van der Waals surface area contributed by atoms with E-state index in [9.17, 15) is 24.5 Å². The van der Waals surface area contributed by atoms with Crippen LogP contribution < -0.4 is 0 Å². The van der Waals surface area contributed by atoms with E-state index in [0.717, 1.165) is 5.56 Å². The largest absolute Gasteiger partial charge is 0.465 e. The predicted octanol–water partition coefficient (Wildman–Crippen LogP) is 3.35. The number of amides is 1. The molecule has 0 bridgehead atoms. The topological polar surface area (TPSA) is 116 Å². The fourth-order valence-corrected chi connectivity index (χ4v) is 5.57. The zero-order valence-electron chi connectivity index (χ0n) is 19.9. The van der Waals surface area contributed by atoms with Gasteiger partial charge in [0.25, 0.3) is 5.69 Å². The van der Waals surface area contributed by atoms with Crippen LogP contribution in [0.2, 0.25) is 0 Å². The lowest BCUT2D eigenvalue weighted by atomic mass is 9.56. The smallest absolute Gasteiger partial charge is 0.328 e. The number of nitro benzene ring substituents is 1. The maximum absolute atomic E-state index is 13.9. The van der Waals surface area contributed by atoms with E-state index in [1.165, 1.54) is 12.1 Å². The predicted molar refractivity (Wildman–Crippen MR) is 125 cm³/mol. The first kappa shape index (κ1) is 24.4. The van der Waals surface area contributed by atoms with Crippen molar-refractivity contribution in [1.29, 1.82) is 0 Å². The molecular formula is C26H28N2O7. The van der Waals surface area contributed by atoms with Gasteiger partial charge in [0.2, 0.25) is 11.3 Å². The number of carbonyl (C=O) groups excluding carboxylic acids is 3. The first-order valence-corrected chi connectivity index (χ1v) is 11.7. The summed E-state index contributed by atoms with van der Waals surface area (Å²) in [5.74, 6) is -3.95. The third-order valence-corrected chi connectivity index (χ3v) is 7.12. The van der Waals surface area contributed by atoms with E-state index in [2.05, 4.69) is 0 Å². The van der Waals surface area contributed by atoms with Crippen LogP contribution in [0.1, 0.15) is 43.4 Å². The Hall–Kier alpha value is -3.75. The van der Waals surface area contributed by atoms with Gasteiger partial charge < -0.3 is 14.4 Å². The Balaban J connectivity index is 1.94. The molecule has 1 amide bonds. The molecule has 9 heteroatoms. The van der Waals surface area contributed by atoms with Crippen molar-refractivity contribution in [3.8, 4) is 0 Å². The Kier molecular flexibility index (Phi) is 6.60. The molecule has 0 N–H and O–H groups in total. The monoisotopic (exact) mass is 480 g/mol. The van der Waals surface area contributed by atoms with Crippen LogP contribution >= 0.6 is 0 Å². The molecule has 2 aromatic rings. The number of ether oxygens (including phenoxy) is 2. The second kappa shape index (κ2) is 9.48. The summed E-state index contributed by atoms with van der Waals surface area (Å²) in [7, 11) is 0. The highest BCUT2D eigenvalue weighted by atomic mass is 16.6. The highest BCUT2D eigenvalue weighted by Crippen LogP contribution is 2.55. The number of fused-ring (bicyclic) bond motifs is 2. The quantitative estimate of drug-likeness (QED) is 0.258. The molecule has 0 radical (unpaired) electrons. The van der Waals surface area contributed by atoms with Crippen LogP contribution in [0.3, 0.4) is 0 Å². The van der Waals surface area contributed by atoms with Crippen LogP contribution in [0.5, 0.6) is 0 Å². The molecule has 0 unspecified atom stereocenters. The molecular weight excluding hydrogens is 452 g/mol. The van der Waals surface area contributed by atoms with Crippen molar-refractivity contribution in [2.75, 3.05) is 19.8 Å². The zero-order chi connectivity index (χ0) is 25.3. The minimum absolute atomic E-state index is 0.0287. The van der Waals surface area contributed by atoms with E-state index in [1.807, 2.05) is 37.3 Å². The molecule has 35 heavy (non-hydrogen) atoms. The molecule has 0 saturated carbocycles. The normalized spacial score (nSPS) is 22.2. The van der Waals surface area contributed by atoms with Gasteiger partial charge >= 0.3 is 11.9 Å². The third kappa shape index (κ3) is 3.84. The number of likely N-dealkylation sites (tertiary alicyclic amines) is 1. The Morgan fingerprint density at radius 3 is 2.29 bits per heavy atom. The molecule has 1 heterocycles. The minimum Gasteiger partial charge on any atom is -0.465 e. The van der Waals surface area contributed by atoms with Crippen molar-refractivity contribution in [1.82, 2.24) is 4.90 Å². The Morgan fingerprint density at radius 2 is 1.71 bits per heavy atom. The number of hydrogen-bond donors (Lipinski definition) is 0. The summed E-state index contributed by atoms with van der Waals surface area (Å²) in [5.41, 5.74) is -0.774. The molecule has 1 aliphatic heterocycles. The highest BCUT2D eigenvalue weighted by Gasteiger charge is 2.68. The number of nitrogens with zero attached hydrogens (tertiary/aromatic N) is 2. The van der Waals surface area contributed by atoms with E-state index in [-0.39, 0.29) is 36.3 Å². The van der Waals surface area contributed by atoms with Crippen molar-refractivity contribution < 1.29 is 28.8 Å². The second-order valence-corrected chi connectivity index (χ2v) is 8.91. The Labute approximate surface area is 203 Å². The SMILES string of the molecule is CCOC(=O)C1(C(=O)OCC)c2cc([N+](=O)[O-])ccc2[C@@H](C)[C@@H]2CN(Cc3ccccc3)C(=O)[C@H]21. The molecule has 1 fully saturated rings. The lowest BCUT2D eigenvalue weighted by Gasteiger charge is -2.43. The molecule has 2 aliphatic rings. The molecule has 1 aliphatic carbocycles. The summed E-state index contributed by atoms with van der Waals surface area (Å²) in [6.07, 6.45) is 0. The molecule has 1 saturated heterocycles. The fraction of sp³-hybridized carbons (Fsp3) is 0.423. The fourth-order valence-electron chi connectivity index (χ4n) is 5.57. The van der Waals surface area contributed by atoms with Gasteiger partial charge in [-0.1, -0.05) is 43.3 Å². The van der Waals surface area contributed by atoms with Gasteiger partial charge in [-0.2, -0.15) is 0 Å². The summed E-state index contributed by atoms with van der Waals surface area (Å²) >= 11 is 0. The molecule has 0 aromatic heterocycles. The maximum Gasteiger partial charge on any atom is 0.328 e. The summed E-state index contributed by atoms with van der Waals surface area (Å²) in [6, 6.07) is 13.6. The Morgan fingerprint density at radius 1 is 1.09 bits per heavy atom. The van der Waals surface area contributed by atoms with Crippen LogP contribution in [0.25, 0.3) is 0 Å². The van der Waals surface area contributed by atoms with E-state index in [1.54, 1.807) is 24.8 Å². The highest BCUT2D eigenvalue weighted by molar-refractivity contribution is 6.12. The number of hydrogen-bond acceptors (Lipinski definition) is 7. The maximum atomic E-state index is 13.9. The van der Waals surface area contributed by atoms with Gasteiger partial charge in [0.05, 0.1) is 24.1 Å². The molecule has 2 aromatic carbocycles. The van der Waals surface area contributed by atoms with Crippen LogP contribution in [-0.2, 0) is 35.8 Å². The molecule has 0 spiro atoms. The molecule has 4 rings (SSSR count). The average molecular weight is 481 g/mol. The van der Waals surface area contributed by atoms with Crippen LogP contribution in [0.15, 0.2) is 48.5 Å². The van der Waals surface area contributed by atoms with Gasteiger partial charge in [-0.3, -0.25) is 24.5 Å². The Bertz CT molecular complexity index is 1150. The van der Waals surface area contributed by atoms with Crippen molar-refractivity contribution in [3.63, 3.8) is 0 Å². The number of rotatable bonds is 7. The van der Waals surface area contributed by atoms with Gasteiger partial charge in [-0.25, -0.2) is 0 Å². The lowest BCUT2D eigenvalue weighted by Crippen LogP contribution is -2.58. The second-order valence-electron chi connectivity index (χ2n) is 8.91. The van der Waals surface area contributed by atoms with E-state index in [4.69, 9.17) is 9.47 Å². The summed E-state index contributed by atoms with van der Waals surface area (Å²) in [5, 5.41) is 11.6.